The summed E-state index contributed by atoms with van der Waals surface area (Å²) in [6.07, 6.45) is 1.58. The van der Waals surface area contributed by atoms with Crippen LogP contribution in [0.25, 0.3) is 44.2 Å². The number of methoxy groups -OCH3 is 1. The fraction of sp³-hybridized carbons (Fsp3) is 0.0571. The summed E-state index contributed by atoms with van der Waals surface area (Å²) >= 11 is 3.51. The van der Waals surface area contributed by atoms with E-state index in [-0.39, 0.29) is 11.4 Å². The molecule has 5 aromatic carbocycles. The van der Waals surface area contributed by atoms with Crippen LogP contribution in [0.4, 0.5) is 0 Å². The van der Waals surface area contributed by atoms with Gasteiger partial charge in [0, 0.05) is 15.4 Å². The van der Waals surface area contributed by atoms with Crippen LogP contribution in [0.2, 0.25) is 0 Å². The maximum atomic E-state index is 13.8. The minimum atomic E-state index is -0.320. The first kappa shape index (κ1) is 26.7. The lowest BCUT2D eigenvalue weighted by Gasteiger charge is -2.14. The predicted molar refractivity (Wildman–Crippen MR) is 173 cm³/mol. The van der Waals surface area contributed by atoms with Crippen LogP contribution in [0.3, 0.4) is 0 Å². The molecule has 0 aliphatic carbocycles. The van der Waals surface area contributed by atoms with Crippen molar-refractivity contribution < 1.29 is 13.9 Å². The molecular formula is C35H24BrN3O4. The largest absolute Gasteiger partial charge is 0.493 e. The highest BCUT2D eigenvalue weighted by Gasteiger charge is 2.17. The molecule has 210 valence electrons. The summed E-state index contributed by atoms with van der Waals surface area (Å²) in [4.78, 5) is 18.5. The zero-order valence-electron chi connectivity index (χ0n) is 23.0. The number of aromatic nitrogens is 2. The first-order valence-electron chi connectivity index (χ1n) is 13.6. The van der Waals surface area contributed by atoms with Crippen molar-refractivity contribution in [1.29, 1.82) is 0 Å². The molecule has 0 aliphatic rings. The summed E-state index contributed by atoms with van der Waals surface area (Å²) in [5, 5.41) is 8.22. The van der Waals surface area contributed by atoms with Gasteiger partial charge in [-0.1, -0.05) is 76.6 Å². The second kappa shape index (κ2) is 11.2. The lowest BCUT2D eigenvalue weighted by Crippen LogP contribution is -2.20. The minimum absolute atomic E-state index is 0.286. The van der Waals surface area contributed by atoms with Crippen LogP contribution in [0.5, 0.6) is 11.5 Å². The summed E-state index contributed by atoms with van der Waals surface area (Å²) in [5.74, 6) is 1.77. The highest BCUT2D eigenvalue weighted by molar-refractivity contribution is 9.10. The van der Waals surface area contributed by atoms with Gasteiger partial charge in [-0.05, 0) is 64.9 Å². The lowest BCUT2D eigenvalue weighted by molar-refractivity contribution is 0.285. The molecule has 0 N–H and O–H groups in total. The molecule has 0 amide bonds. The number of hydrogen-bond acceptors (Lipinski definition) is 6. The van der Waals surface area contributed by atoms with E-state index in [0.29, 0.717) is 45.9 Å². The Balaban J connectivity index is 1.32. The van der Waals surface area contributed by atoms with Gasteiger partial charge >= 0.3 is 0 Å². The lowest BCUT2D eigenvalue weighted by atomic mass is 10.1. The van der Waals surface area contributed by atoms with Crippen LogP contribution in [-0.4, -0.2) is 23.0 Å². The Kier molecular flexibility index (Phi) is 6.96. The maximum absolute atomic E-state index is 13.8. The molecule has 0 saturated heterocycles. The van der Waals surface area contributed by atoms with E-state index in [9.17, 15) is 4.79 Å². The van der Waals surface area contributed by atoms with Crippen molar-refractivity contribution in [3.8, 4) is 23.1 Å². The van der Waals surface area contributed by atoms with E-state index in [0.717, 1.165) is 26.2 Å². The first-order valence-corrected chi connectivity index (χ1v) is 14.4. The van der Waals surface area contributed by atoms with Gasteiger partial charge in [-0.15, -0.1) is 0 Å². The van der Waals surface area contributed by atoms with Gasteiger partial charge in [-0.25, -0.2) is 4.98 Å². The minimum Gasteiger partial charge on any atom is -0.493 e. The second-order valence-corrected chi connectivity index (χ2v) is 10.8. The van der Waals surface area contributed by atoms with E-state index in [1.54, 1.807) is 31.5 Å². The Morgan fingerprint density at radius 1 is 0.884 bits per heavy atom. The van der Waals surface area contributed by atoms with Crippen LogP contribution in [0.15, 0.2) is 128 Å². The SMILES string of the molecule is COc1cccc(C=Nn2c(-c3cc4cc(Br)ccc4o3)nc3ccccc3c2=O)c1OCc1cccc2ccccc12. The number of para-hydroxylation sites is 2. The van der Waals surface area contributed by atoms with Crippen molar-refractivity contribution in [1.82, 2.24) is 9.66 Å². The Morgan fingerprint density at radius 2 is 1.67 bits per heavy atom. The summed E-state index contributed by atoms with van der Waals surface area (Å²) in [5.41, 5.74) is 2.59. The molecule has 0 spiro atoms. The van der Waals surface area contributed by atoms with E-state index >= 15 is 0 Å². The van der Waals surface area contributed by atoms with Crippen molar-refractivity contribution in [2.24, 2.45) is 5.10 Å². The average molecular weight is 630 g/mol. The van der Waals surface area contributed by atoms with E-state index in [1.807, 2.05) is 72.8 Å². The van der Waals surface area contributed by atoms with Crippen molar-refractivity contribution in [3.63, 3.8) is 0 Å². The van der Waals surface area contributed by atoms with Crippen molar-refractivity contribution >= 4 is 54.8 Å². The summed E-state index contributed by atoms with van der Waals surface area (Å²) < 4.78 is 20.3. The van der Waals surface area contributed by atoms with Crippen molar-refractivity contribution in [3.05, 3.63) is 135 Å². The van der Waals surface area contributed by atoms with Gasteiger partial charge in [0.05, 0.1) is 24.2 Å². The van der Waals surface area contributed by atoms with Gasteiger partial charge < -0.3 is 13.9 Å². The number of hydrogen-bond donors (Lipinski definition) is 0. The Hall–Kier alpha value is -5.21. The zero-order valence-corrected chi connectivity index (χ0v) is 24.6. The number of fused-ring (bicyclic) bond motifs is 3. The molecule has 0 saturated carbocycles. The monoisotopic (exact) mass is 629 g/mol. The third-order valence-corrected chi connectivity index (χ3v) is 7.74. The quantitative estimate of drug-likeness (QED) is 0.166. The number of halogens is 1. The molecule has 8 heteroatoms. The van der Waals surface area contributed by atoms with Gasteiger partial charge in [-0.2, -0.15) is 9.78 Å². The molecule has 0 unspecified atom stereocenters. The number of furan rings is 1. The fourth-order valence-electron chi connectivity index (χ4n) is 5.15. The van der Waals surface area contributed by atoms with Gasteiger partial charge in [-0.3, -0.25) is 4.79 Å². The highest BCUT2D eigenvalue weighted by Crippen LogP contribution is 2.33. The van der Waals surface area contributed by atoms with E-state index < -0.39 is 0 Å². The molecule has 0 atom stereocenters. The molecular weight excluding hydrogens is 606 g/mol. The maximum Gasteiger partial charge on any atom is 0.282 e. The van der Waals surface area contributed by atoms with Gasteiger partial charge in [0.25, 0.3) is 5.56 Å². The van der Waals surface area contributed by atoms with Gasteiger partial charge in [0.2, 0.25) is 5.82 Å². The molecule has 2 heterocycles. The Labute approximate surface area is 254 Å². The summed E-state index contributed by atoms with van der Waals surface area (Å²) in [7, 11) is 1.59. The molecule has 2 aromatic heterocycles. The van der Waals surface area contributed by atoms with Crippen LogP contribution < -0.4 is 15.0 Å². The number of nitrogens with zero attached hydrogens (tertiary/aromatic N) is 3. The molecule has 0 radical (unpaired) electrons. The standard InChI is InChI=1S/C35H24BrN3O4/c1-41-31-15-7-10-23(33(31)42-21-24-11-6-9-22-8-2-3-12-27(22)24)20-37-39-34(38-29-14-5-4-13-28(29)35(39)40)32-19-25-18-26(36)16-17-30(25)43-32/h2-20H,21H2,1H3. The van der Waals surface area contributed by atoms with Crippen LogP contribution in [-0.2, 0) is 6.61 Å². The Morgan fingerprint density at radius 3 is 2.56 bits per heavy atom. The predicted octanol–water partition coefficient (Wildman–Crippen LogP) is 8.20. The summed E-state index contributed by atoms with van der Waals surface area (Å²) in [6.45, 7) is 0.319. The summed E-state index contributed by atoms with van der Waals surface area (Å²) in [6, 6.07) is 34.6. The van der Waals surface area contributed by atoms with Crippen molar-refractivity contribution in [2.75, 3.05) is 7.11 Å². The number of ether oxygens (including phenoxy) is 2. The fourth-order valence-corrected chi connectivity index (χ4v) is 5.53. The van der Waals surface area contributed by atoms with Gasteiger partial charge in [0.15, 0.2) is 17.3 Å². The molecule has 7 rings (SSSR count). The smallest absolute Gasteiger partial charge is 0.282 e. The van der Waals surface area contributed by atoms with E-state index in [1.165, 1.54) is 4.68 Å². The normalized spacial score (nSPS) is 11.6. The van der Waals surface area contributed by atoms with Crippen LogP contribution in [0.1, 0.15) is 11.1 Å². The highest BCUT2D eigenvalue weighted by atomic mass is 79.9. The number of benzene rings is 5. The van der Waals surface area contributed by atoms with Gasteiger partial charge in [0.1, 0.15) is 12.2 Å². The second-order valence-electron chi connectivity index (χ2n) is 9.91. The topological polar surface area (TPSA) is 78.9 Å². The van der Waals surface area contributed by atoms with Crippen molar-refractivity contribution in [2.45, 2.75) is 6.61 Å². The van der Waals surface area contributed by atoms with E-state index in [2.05, 4.69) is 39.2 Å². The van der Waals surface area contributed by atoms with E-state index in [4.69, 9.17) is 18.9 Å². The third kappa shape index (κ3) is 5.06. The molecule has 0 fully saturated rings. The Bertz CT molecular complexity index is 2230. The third-order valence-electron chi connectivity index (χ3n) is 7.25. The molecule has 0 bridgehead atoms. The van der Waals surface area contributed by atoms with Crippen LogP contribution in [0, 0.1) is 0 Å². The molecule has 0 aliphatic heterocycles. The zero-order chi connectivity index (χ0) is 29.3. The molecule has 7 aromatic rings. The molecule has 7 nitrogen and oxygen atoms in total. The van der Waals surface area contributed by atoms with Crippen LogP contribution >= 0.6 is 15.9 Å². The first-order chi connectivity index (χ1) is 21.1. The average Bonchev–Trinajstić information content (AvgIpc) is 3.46. The molecule has 43 heavy (non-hydrogen) atoms. The number of rotatable bonds is 7.